The highest BCUT2D eigenvalue weighted by Gasteiger charge is 2.31. The van der Waals surface area contributed by atoms with E-state index in [-0.39, 0.29) is 5.75 Å². The van der Waals surface area contributed by atoms with Gasteiger partial charge in [0.25, 0.3) is 0 Å². The zero-order valence-corrected chi connectivity index (χ0v) is 15.2. The molecule has 1 aromatic carbocycles. The monoisotopic (exact) mass is 392 g/mol. The van der Waals surface area contributed by atoms with E-state index < -0.39 is 6.36 Å². The summed E-state index contributed by atoms with van der Waals surface area (Å²) in [5.41, 5.74) is 1.74. The van der Waals surface area contributed by atoms with Crippen LogP contribution >= 0.6 is 0 Å². The van der Waals surface area contributed by atoms with Crippen LogP contribution < -0.4 is 9.64 Å². The molecule has 0 bridgehead atoms. The molecule has 1 aliphatic rings. The summed E-state index contributed by atoms with van der Waals surface area (Å²) in [7, 11) is 1.85. The smallest absolute Gasteiger partial charge is 0.406 e. The first-order chi connectivity index (χ1) is 13.4. The lowest BCUT2D eigenvalue weighted by atomic mass is 10.2. The molecule has 0 unspecified atom stereocenters. The van der Waals surface area contributed by atoms with Crippen molar-refractivity contribution in [2.45, 2.75) is 12.9 Å². The first-order valence-electron chi connectivity index (χ1n) is 8.84. The molecule has 3 aromatic rings. The van der Waals surface area contributed by atoms with Crippen LogP contribution in [0.2, 0.25) is 0 Å². The zero-order chi connectivity index (χ0) is 19.7. The number of halogens is 3. The van der Waals surface area contributed by atoms with Crippen LogP contribution in [0, 0.1) is 0 Å². The van der Waals surface area contributed by atoms with Gasteiger partial charge < -0.3 is 9.64 Å². The highest BCUT2D eigenvalue weighted by atomic mass is 19.4. The molecule has 0 amide bonds. The first-order valence-corrected chi connectivity index (χ1v) is 8.84. The van der Waals surface area contributed by atoms with E-state index in [4.69, 9.17) is 0 Å². The molecule has 0 N–H and O–H groups in total. The highest BCUT2D eigenvalue weighted by molar-refractivity contribution is 5.86. The van der Waals surface area contributed by atoms with E-state index in [1.165, 1.54) is 12.1 Å². The van der Waals surface area contributed by atoms with E-state index in [1.807, 2.05) is 7.05 Å². The Kier molecular flexibility index (Phi) is 4.80. The third-order valence-electron chi connectivity index (χ3n) is 4.74. The number of hydrogen-bond donors (Lipinski definition) is 0. The number of ether oxygens (including phenoxy) is 1. The first kappa shape index (κ1) is 18.5. The van der Waals surface area contributed by atoms with E-state index in [9.17, 15) is 13.2 Å². The van der Waals surface area contributed by atoms with Crippen LogP contribution in [0.5, 0.6) is 5.75 Å². The molecule has 28 heavy (non-hydrogen) atoms. The van der Waals surface area contributed by atoms with Gasteiger partial charge in [-0.1, -0.05) is 12.1 Å². The van der Waals surface area contributed by atoms with Gasteiger partial charge in [-0.15, -0.1) is 13.2 Å². The van der Waals surface area contributed by atoms with Crippen LogP contribution in [-0.2, 0) is 13.6 Å². The summed E-state index contributed by atoms with van der Waals surface area (Å²) in [4.78, 5) is 13.2. The van der Waals surface area contributed by atoms with Gasteiger partial charge in [-0.25, -0.2) is 9.97 Å². The third-order valence-corrected chi connectivity index (χ3v) is 4.74. The number of piperazine rings is 1. The van der Waals surface area contributed by atoms with Gasteiger partial charge in [-0.2, -0.15) is 5.10 Å². The summed E-state index contributed by atoms with van der Waals surface area (Å²) in [6, 6.07) is 6.02. The van der Waals surface area contributed by atoms with E-state index in [0.717, 1.165) is 48.6 Å². The van der Waals surface area contributed by atoms with Crippen molar-refractivity contribution in [3.05, 3.63) is 42.4 Å². The average molecular weight is 392 g/mol. The summed E-state index contributed by atoms with van der Waals surface area (Å²) in [5, 5.41) is 5.18. The normalized spacial score (nSPS) is 15.9. The Morgan fingerprint density at radius 1 is 1.04 bits per heavy atom. The fraction of sp³-hybridized carbons (Fsp3) is 0.389. The van der Waals surface area contributed by atoms with E-state index in [1.54, 1.807) is 29.3 Å². The lowest BCUT2D eigenvalue weighted by Crippen LogP contribution is -2.46. The van der Waals surface area contributed by atoms with Gasteiger partial charge in [0, 0.05) is 39.8 Å². The predicted molar refractivity (Wildman–Crippen MR) is 96.9 cm³/mol. The van der Waals surface area contributed by atoms with Crippen molar-refractivity contribution < 1.29 is 17.9 Å². The minimum atomic E-state index is -4.67. The largest absolute Gasteiger partial charge is 0.573 e. The summed E-state index contributed by atoms with van der Waals surface area (Å²) in [6.45, 7) is 3.93. The second-order valence-corrected chi connectivity index (χ2v) is 6.66. The molecule has 1 saturated heterocycles. The minimum absolute atomic E-state index is 0.203. The maximum absolute atomic E-state index is 12.2. The number of anilines is 1. The van der Waals surface area contributed by atoms with Gasteiger partial charge in [0.2, 0.25) is 0 Å². The van der Waals surface area contributed by atoms with Crippen molar-refractivity contribution in [1.82, 2.24) is 24.6 Å². The molecule has 10 heteroatoms. The second-order valence-electron chi connectivity index (χ2n) is 6.66. The number of aromatic nitrogens is 4. The lowest BCUT2D eigenvalue weighted by Gasteiger charge is -2.35. The molecule has 7 nitrogen and oxygen atoms in total. The molecule has 148 valence electrons. The molecule has 2 aromatic heterocycles. The van der Waals surface area contributed by atoms with Gasteiger partial charge in [0.1, 0.15) is 17.9 Å². The van der Waals surface area contributed by atoms with Crippen LogP contribution in [0.15, 0.2) is 36.8 Å². The Morgan fingerprint density at radius 2 is 1.75 bits per heavy atom. The van der Waals surface area contributed by atoms with Gasteiger partial charge in [-0.05, 0) is 17.7 Å². The Bertz CT molecular complexity index is 948. The number of benzene rings is 1. The van der Waals surface area contributed by atoms with Crippen molar-refractivity contribution in [2.24, 2.45) is 7.05 Å². The summed E-state index contributed by atoms with van der Waals surface area (Å²) in [5.74, 6) is 0.678. The topological polar surface area (TPSA) is 59.3 Å². The maximum atomic E-state index is 12.2. The molecule has 0 saturated carbocycles. The van der Waals surface area contributed by atoms with Crippen LogP contribution in [0.3, 0.4) is 0 Å². The van der Waals surface area contributed by atoms with Crippen LogP contribution in [-0.4, -0.2) is 57.2 Å². The van der Waals surface area contributed by atoms with Crippen molar-refractivity contribution in [3.8, 4) is 5.75 Å². The molecule has 0 spiro atoms. The second kappa shape index (κ2) is 7.27. The molecular formula is C18H19F3N6O. The number of alkyl halides is 3. The zero-order valence-electron chi connectivity index (χ0n) is 15.2. The van der Waals surface area contributed by atoms with Crippen molar-refractivity contribution >= 4 is 16.9 Å². The molecule has 4 rings (SSSR count). The van der Waals surface area contributed by atoms with Gasteiger partial charge in [-0.3, -0.25) is 9.58 Å². The molecule has 3 heterocycles. The highest BCUT2D eigenvalue weighted by Crippen LogP contribution is 2.25. The van der Waals surface area contributed by atoms with Crippen molar-refractivity contribution in [2.75, 3.05) is 31.1 Å². The van der Waals surface area contributed by atoms with Crippen LogP contribution in [0.25, 0.3) is 11.0 Å². The molecule has 0 aliphatic carbocycles. The van der Waals surface area contributed by atoms with Crippen molar-refractivity contribution in [3.63, 3.8) is 0 Å². The van der Waals surface area contributed by atoms with Gasteiger partial charge in [0.05, 0.1) is 11.6 Å². The number of hydrogen-bond acceptors (Lipinski definition) is 6. The Labute approximate surface area is 159 Å². The maximum Gasteiger partial charge on any atom is 0.573 e. The summed E-state index contributed by atoms with van der Waals surface area (Å²) >= 11 is 0. The quantitative estimate of drug-likeness (QED) is 0.680. The standard InChI is InChI=1S/C18H19F3N6O/c1-25-16-15(10-24-25)17(23-12-22-16)27-8-6-26(7-9-27)11-13-2-4-14(5-3-13)28-18(19,20)21/h2-5,10,12H,6-9,11H2,1H3. The molecule has 0 radical (unpaired) electrons. The summed E-state index contributed by atoms with van der Waals surface area (Å²) in [6.07, 6.45) is -1.34. The molecule has 0 atom stereocenters. The lowest BCUT2D eigenvalue weighted by molar-refractivity contribution is -0.274. The Balaban J connectivity index is 1.36. The Hall–Kier alpha value is -2.88. The number of aryl methyl sites for hydroxylation is 1. The van der Waals surface area contributed by atoms with E-state index in [2.05, 4.69) is 29.6 Å². The number of nitrogens with zero attached hydrogens (tertiary/aromatic N) is 6. The number of fused-ring (bicyclic) bond motifs is 1. The predicted octanol–water partition coefficient (Wildman–Crippen LogP) is 2.58. The van der Waals surface area contributed by atoms with Crippen LogP contribution in [0.4, 0.5) is 19.0 Å². The van der Waals surface area contributed by atoms with Gasteiger partial charge >= 0.3 is 6.36 Å². The molecule has 1 aliphatic heterocycles. The third kappa shape index (κ3) is 4.01. The van der Waals surface area contributed by atoms with Gasteiger partial charge in [0.15, 0.2) is 5.65 Å². The van der Waals surface area contributed by atoms with E-state index >= 15 is 0 Å². The van der Waals surface area contributed by atoms with Crippen LogP contribution in [0.1, 0.15) is 5.56 Å². The Morgan fingerprint density at radius 3 is 2.43 bits per heavy atom. The molecular weight excluding hydrogens is 373 g/mol. The molecule has 1 fully saturated rings. The van der Waals surface area contributed by atoms with E-state index in [0.29, 0.717) is 6.54 Å². The SMILES string of the molecule is Cn1ncc2c(N3CCN(Cc4ccc(OC(F)(F)F)cc4)CC3)ncnc21. The fourth-order valence-electron chi connectivity index (χ4n) is 3.37. The number of rotatable bonds is 4. The summed E-state index contributed by atoms with van der Waals surface area (Å²) < 4.78 is 42.4. The average Bonchev–Trinajstić information content (AvgIpc) is 3.04. The van der Waals surface area contributed by atoms with Crippen molar-refractivity contribution in [1.29, 1.82) is 0 Å². The minimum Gasteiger partial charge on any atom is -0.406 e. The fourth-order valence-corrected chi connectivity index (χ4v) is 3.37.